The number of halogens is 3. The monoisotopic (exact) mass is 591 g/mol. The summed E-state index contributed by atoms with van der Waals surface area (Å²) in [6.45, 7) is 3.98. The van der Waals surface area contributed by atoms with Gasteiger partial charge >= 0.3 is 18.1 Å². The molecule has 7 rings (SSSR count). The molecule has 1 amide bonds. The van der Waals surface area contributed by atoms with Crippen LogP contribution in [0.25, 0.3) is 0 Å². The van der Waals surface area contributed by atoms with Crippen LogP contribution < -0.4 is 0 Å². The van der Waals surface area contributed by atoms with Crippen molar-refractivity contribution in [2.24, 2.45) is 46.8 Å². The Morgan fingerprint density at radius 1 is 1.05 bits per heavy atom. The Balaban J connectivity index is 1.30. The van der Waals surface area contributed by atoms with Crippen molar-refractivity contribution < 1.29 is 50.0 Å². The van der Waals surface area contributed by atoms with E-state index in [2.05, 4.69) is 0 Å². The van der Waals surface area contributed by atoms with Crippen molar-refractivity contribution in [3.63, 3.8) is 0 Å². The van der Waals surface area contributed by atoms with Crippen LogP contribution in [0, 0.1) is 46.8 Å². The molecule has 1 saturated heterocycles. The summed E-state index contributed by atoms with van der Waals surface area (Å²) >= 11 is 0. The molecular weight excluding hydrogens is 555 g/mol. The van der Waals surface area contributed by atoms with Crippen LogP contribution >= 0.6 is 0 Å². The summed E-state index contributed by atoms with van der Waals surface area (Å²) in [7, 11) is -5.18. The third-order valence-corrected chi connectivity index (χ3v) is 11.8. The summed E-state index contributed by atoms with van der Waals surface area (Å²) in [6, 6.07) is -0.768. The van der Waals surface area contributed by atoms with Gasteiger partial charge in [-0.05, 0) is 89.4 Å². The van der Waals surface area contributed by atoms with Crippen LogP contribution in [0.15, 0.2) is 0 Å². The summed E-state index contributed by atoms with van der Waals surface area (Å²) in [5, 5.41) is 0. The lowest BCUT2D eigenvalue weighted by atomic mass is 9.49. The van der Waals surface area contributed by atoms with Gasteiger partial charge in [-0.2, -0.15) is 21.6 Å². The summed E-state index contributed by atoms with van der Waals surface area (Å²) in [5.41, 5.74) is -4.12. The summed E-state index contributed by atoms with van der Waals surface area (Å²) in [6.07, 6.45) is -0.248. The Morgan fingerprint density at radius 3 is 2.08 bits per heavy atom. The fraction of sp³-hybridized carbons (Fsp3) is 0.889. The van der Waals surface area contributed by atoms with Gasteiger partial charge in [0.15, 0.2) is 0 Å². The van der Waals surface area contributed by atoms with Crippen molar-refractivity contribution in [1.82, 2.24) is 4.90 Å². The first-order valence-electron chi connectivity index (χ1n) is 14.2. The maximum absolute atomic E-state index is 13.9. The topological polar surface area (TPSA) is 127 Å². The summed E-state index contributed by atoms with van der Waals surface area (Å²) in [4.78, 5) is 42.4. The second kappa shape index (κ2) is 8.81. The molecule has 1 heterocycles. The van der Waals surface area contributed by atoms with Gasteiger partial charge in [0.1, 0.15) is 11.9 Å². The Kier molecular flexibility index (Phi) is 6.22. The standard InChI is InChI=1S/C27H36F3NO8S/c1-12(2)31-20-16-7-17(21(20)38-24(34)26-8-13-4-14(9-26)6-15(5-13)10-26)19(18(16)22(31)32)23(33)39-25(3,27(28,29)30)11-40(35,36)37/h12-21H,4-11H2,1-3H3,(H,35,36,37). The first-order valence-corrected chi connectivity index (χ1v) is 15.8. The number of fused-ring (bicyclic) bond motifs is 1. The van der Waals surface area contributed by atoms with Crippen molar-refractivity contribution in [3.8, 4) is 0 Å². The molecule has 7 unspecified atom stereocenters. The molecule has 40 heavy (non-hydrogen) atoms. The van der Waals surface area contributed by atoms with E-state index in [4.69, 9.17) is 14.0 Å². The molecule has 6 aliphatic carbocycles. The number of hydrogen-bond acceptors (Lipinski definition) is 7. The highest BCUT2D eigenvalue weighted by atomic mass is 32.2. The number of nitrogens with zero attached hydrogens (tertiary/aromatic N) is 1. The average Bonchev–Trinajstić information content (AvgIpc) is 3.39. The molecule has 6 bridgehead atoms. The molecule has 7 atom stereocenters. The number of carbonyl (C=O) groups excluding carboxylic acids is 3. The third-order valence-electron chi connectivity index (χ3n) is 10.8. The van der Waals surface area contributed by atoms with Crippen LogP contribution in [0.3, 0.4) is 0 Å². The molecule has 0 aromatic rings. The van der Waals surface area contributed by atoms with Gasteiger partial charge in [0.05, 0.1) is 23.3 Å². The maximum Gasteiger partial charge on any atom is 0.429 e. The predicted octanol–water partition coefficient (Wildman–Crippen LogP) is 3.37. The molecule has 13 heteroatoms. The highest BCUT2D eigenvalue weighted by molar-refractivity contribution is 7.85. The van der Waals surface area contributed by atoms with E-state index in [0.717, 1.165) is 38.5 Å². The Morgan fingerprint density at radius 2 is 1.60 bits per heavy atom. The minimum Gasteiger partial charge on any atom is -0.459 e. The molecule has 0 aromatic heterocycles. The van der Waals surface area contributed by atoms with Gasteiger partial charge < -0.3 is 14.4 Å². The molecule has 0 radical (unpaired) electrons. The van der Waals surface area contributed by atoms with Gasteiger partial charge in [-0.15, -0.1) is 0 Å². The summed E-state index contributed by atoms with van der Waals surface area (Å²) < 4.78 is 84.8. The Labute approximate surface area is 231 Å². The number of ether oxygens (including phenoxy) is 2. The quantitative estimate of drug-likeness (QED) is 0.353. The second-order valence-corrected chi connectivity index (χ2v) is 15.3. The Hall–Kier alpha value is -1.89. The number of esters is 2. The van der Waals surface area contributed by atoms with Gasteiger partial charge in [0.2, 0.25) is 11.5 Å². The molecule has 6 saturated carbocycles. The predicted molar refractivity (Wildman–Crippen MR) is 132 cm³/mol. The van der Waals surface area contributed by atoms with Crippen molar-refractivity contribution in [2.75, 3.05) is 5.75 Å². The van der Waals surface area contributed by atoms with Gasteiger partial charge in [-0.1, -0.05) is 0 Å². The molecule has 7 fully saturated rings. The number of rotatable bonds is 7. The smallest absolute Gasteiger partial charge is 0.429 e. The fourth-order valence-electron chi connectivity index (χ4n) is 9.84. The van der Waals surface area contributed by atoms with E-state index in [1.54, 1.807) is 18.7 Å². The zero-order valence-corrected chi connectivity index (χ0v) is 23.5. The number of carbonyl (C=O) groups is 3. The largest absolute Gasteiger partial charge is 0.459 e. The molecule has 1 aliphatic heterocycles. The molecule has 224 valence electrons. The molecule has 0 aromatic carbocycles. The van der Waals surface area contributed by atoms with E-state index in [0.29, 0.717) is 31.1 Å². The second-order valence-electron chi connectivity index (χ2n) is 13.9. The van der Waals surface area contributed by atoms with E-state index in [-0.39, 0.29) is 12.0 Å². The van der Waals surface area contributed by atoms with Gasteiger partial charge in [0.25, 0.3) is 10.1 Å². The lowest BCUT2D eigenvalue weighted by Gasteiger charge is -2.55. The van der Waals surface area contributed by atoms with Gasteiger partial charge in [0, 0.05) is 12.0 Å². The molecular formula is C27H36F3NO8S. The van der Waals surface area contributed by atoms with Crippen LogP contribution in [0.5, 0.6) is 0 Å². The lowest BCUT2D eigenvalue weighted by Crippen LogP contribution is -2.55. The number of likely N-dealkylation sites (tertiary alicyclic amines) is 1. The van der Waals surface area contributed by atoms with Gasteiger partial charge in [-0.3, -0.25) is 18.9 Å². The number of amides is 1. The SMILES string of the molecule is CC(C)N1C(=O)C2C3CC(C(OC(=O)C45CC6CC(CC(C6)C4)C5)C31)C2C(=O)OC(C)(CS(=O)(=O)O)C(F)(F)F. The average molecular weight is 592 g/mol. The molecule has 9 nitrogen and oxygen atoms in total. The lowest BCUT2D eigenvalue weighted by molar-refractivity contribution is -0.259. The number of alkyl halides is 3. The maximum atomic E-state index is 13.9. The highest BCUT2D eigenvalue weighted by Gasteiger charge is 2.72. The first-order chi connectivity index (χ1) is 18.4. The summed E-state index contributed by atoms with van der Waals surface area (Å²) in [5.74, 6) is -5.93. The first kappa shape index (κ1) is 28.2. The van der Waals surface area contributed by atoms with E-state index in [1.165, 1.54) is 0 Å². The van der Waals surface area contributed by atoms with E-state index >= 15 is 0 Å². The van der Waals surface area contributed by atoms with E-state index < -0.39 is 80.8 Å². The van der Waals surface area contributed by atoms with Crippen LogP contribution in [-0.2, 0) is 34.0 Å². The van der Waals surface area contributed by atoms with Crippen molar-refractivity contribution >= 4 is 28.0 Å². The van der Waals surface area contributed by atoms with Crippen molar-refractivity contribution in [3.05, 3.63) is 0 Å². The van der Waals surface area contributed by atoms with Crippen LogP contribution in [0.2, 0.25) is 0 Å². The Bertz CT molecular complexity index is 1200. The highest BCUT2D eigenvalue weighted by Crippen LogP contribution is 2.63. The van der Waals surface area contributed by atoms with Crippen molar-refractivity contribution in [1.29, 1.82) is 0 Å². The van der Waals surface area contributed by atoms with Gasteiger partial charge in [-0.25, -0.2) is 0 Å². The minimum atomic E-state index is -5.31. The molecule has 7 aliphatic rings. The molecule has 1 N–H and O–H groups in total. The van der Waals surface area contributed by atoms with Crippen LogP contribution in [0.4, 0.5) is 13.2 Å². The van der Waals surface area contributed by atoms with Crippen LogP contribution in [0.1, 0.15) is 65.7 Å². The molecule has 0 spiro atoms. The van der Waals surface area contributed by atoms with Crippen molar-refractivity contribution in [2.45, 2.75) is 95.7 Å². The number of hydrogen-bond donors (Lipinski definition) is 1. The third kappa shape index (κ3) is 4.19. The normalized spacial score (nSPS) is 43.0. The fourth-order valence-corrected chi connectivity index (χ4v) is 10.8. The minimum absolute atomic E-state index is 0.292. The van der Waals surface area contributed by atoms with Crippen LogP contribution in [-0.4, -0.2) is 71.4 Å². The van der Waals surface area contributed by atoms with E-state index in [9.17, 15) is 36.0 Å². The zero-order chi connectivity index (χ0) is 29.2. The zero-order valence-electron chi connectivity index (χ0n) is 22.7. The van der Waals surface area contributed by atoms with E-state index in [1.807, 2.05) is 0 Å².